The third kappa shape index (κ3) is 2.03. The topological polar surface area (TPSA) is 41.1 Å². The SMILES string of the molecule is CC(C)C(C)NC(=O)C1CC12CCNC2. The normalized spacial score (nSPS) is 35.9. The maximum atomic E-state index is 11.9. The number of nitrogens with one attached hydrogen (secondary N) is 2. The summed E-state index contributed by atoms with van der Waals surface area (Å²) in [6, 6.07) is 0.296. The zero-order chi connectivity index (χ0) is 11.1. The minimum Gasteiger partial charge on any atom is -0.353 e. The van der Waals surface area contributed by atoms with Gasteiger partial charge in [0.15, 0.2) is 0 Å². The van der Waals surface area contributed by atoms with Crippen molar-refractivity contribution in [1.82, 2.24) is 10.6 Å². The molecule has 2 aliphatic rings. The fourth-order valence-corrected chi connectivity index (χ4v) is 2.44. The predicted molar refractivity (Wildman–Crippen MR) is 60.5 cm³/mol. The highest BCUT2D eigenvalue weighted by Gasteiger charge is 2.58. The van der Waals surface area contributed by atoms with Gasteiger partial charge in [0.1, 0.15) is 0 Å². The number of carbonyl (C=O) groups excluding carboxylic acids is 1. The summed E-state index contributed by atoms with van der Waals surface area (Å²) in [7, 11) is 0. The van der Waals surface area contributed by atoms with Crippen molar-refractivity contribution >= 4 is 5.91 Å². The molecule has 1 aliphatic heterocycles. The summed E-state index contributed by atoms with van der Waals surface area (Å²) >= 11 is 0. The smallest absolute Gasteiger partial charge is 0.223 e. The van der Waals surface area contributed by atoms with Crippen LogP contribution >= 0.6 is 0 Å². The van der Waals surface area contributed by atoms with Gasteiger partial charge in [0.2, 0.25) is 5.91 Å². The molecule has 0 aromatic rings. The lowest BCUT2D eigenvalue weighted by atomic mass is 10.0. The van der Waals surface area contributed by atoms with Crippen molar-refractivity contribution in [2.24, 2.45) is 17.3 Å². The van der Waals surface area contributed by atoms with Crippen LogP contribution in [0.25, 0.3) is 0 Å². The summed E-state index contributed by atoms with van der Waals surface area (Å²) < 4.78 is 0. The molecule has 0 aromatic carbocycles. The van der Waals surface area contributed by atoms with E-state index in [1.807, 2.05) is 0 Å². The van der Waals surface area contributed by atoms with E-state index in [9.17, 15) is 4.79 Å². The molecule has 1 spiro atoms. The molecule has 1 saturated carbocycles. The highest BCUT2D eigenvalue weighted by Crippen LogP contribution is 2.56. The Kier molecular flexibility index (Phi) is 2.75. The van der Waals surface area contributed by atoms with E-state index in [1.54, 1.807) is 0 Å². The monoisotopic (exact) mass is 210 g/mol. The lowest BCUT2D eigenvalue weighted by Gasteiger charge is -2.18. The van der Waals surface area contributed by atoms with Gasteiger partial charge >= 0.3 is 0 Å². The highest BCUT2D eigenvalue weighted by atomic mass is 16.2. The maximum absolute atomic E-state index is 11.9. The minimum absolute atomic E-state index is 0.278. The van der Waals surface area contributed by atoms with Crippen LogP contribution in [0.3, 0.4) is 0 Å². The van der Waals surface area contributed by atoms with E-state index in [2.05, 4.69) is 31.4 Å². The molecule has 2 rings (SSSR count). The van der Waals surface area contributed by atoms with E-state index >= 15 is 0 Å². The molecule has 1 heterocycles. The molecule has 2 N–H and O–H groups in total. The van der Waals surface area contributed by atoms with Crippen LogP contribution in [0.15, 0.2) is 0 Å². The summed E-state index contributed by atoms with van der Waals surface area (Å²) in [6.45, 7) is 8.50. The van der Waals surface area contributed by atoms with Crippen LogP contribution in [0.5, 0.6) is 0 Å². The van der Waals surface area contributed by atoms with Crippen molar-refractivity contribution in [3.63, 3.8) is 0 Å². The first-order chi connectivity index (χ1) is 7.05. The summed E-state index contributed by atoms with van der Waals surface area (Å²) in [6.07, 6.45) is 2.28. The van der Waals surface area contributed by atoms with Gasteiger partial charge in [-0.05, 0) is 37.6 Å². The van der Waals surface area contributed by atoms with Crippen LogP contribution in [0.2, 0.25) is 0 Å². The van der Waals surface area contributed by atoms with Gasteiger partial charge in [-0.1, -0.05) is 13.8 Å². The fourth-order valence-electron chi connectivity index (χ4n) is 2.44. The van der Waals surface area contributed by atoms with E-state index in [0.29, 0.717) is 17.4 Å². The fraction of sp³-hybridized carbons (Fsp3) is 0.917. The Bertz CT molecular complexity index is 256. The number of hydrogen-bond donors (Lipinski definition) is 2. The maximum Gasteiger partial charge on any atom is 0.223 e. The Morgan fingerprint density at radius 1 is 1.47 bits per heavy atom. The van der Waals surface area contributed by atoms with Gasteiger partial charge in [-0.3, -0.25) is 4.79 Å². The number of rotatable bonds is 3. The molecule has 1 saturated heterocycles. The van der Waals surface area contributed by atoms with Crippen molar-refractivity contribution in [2.45, 2.75) is 39.7 Å². The Labute approximate surface area is 92.0 Å². The van der Waals surface area contributed by atoms with Gasteiger partial charge in [-0.15, -0.1) is 0 Å². The third-order valence-electron chi connectivity index (χ3n) is 4.15. The summed E-state index contributed by atoms with van der Waals surface area (Å²) in [5, 5.41) is 6.48. The lowest BCUT2D eigenvalue weighted by molar-refractivity contribution is -0.123. The average Bonchev–Trinajstić information content (AvgIpc) is 2.65. The van der Waals surface area contributed by atoms with Crippen LogP contribution in [0.1, 0.15) is 33.6 Å². The molecule has 2 fully saturated rings. The number of amides is 1. The van der Waals surface area contributed by atoms with Gasteiger partial charge in [0.25, 0.3) is 0 Å². The Balaban J connectivity index is 1.83. The summed E-state index contributed by atoms with van der Waals surface area (Å²) in [5.74, 6) is 1.08. The predicted octanol–water partition coefficient (Wildman–Crippen LogP) is 1.15. The molecule has 1 amide bonds. The molecule has 3 atom stereocenters. The minimum atomic E-state index is 0.278. The molecule has 3 unspecified atom stereocenters. The van der Waals surface area contributed by atoms with Gasteiger partial charge in [-0.25, -0.2) is 0 Å². The van der Waals surface area contributed by atoms with Crippen molar-refractivity contribution in [1.29, 1.82) is 0 Å². The van der Waals surface area contributed by atoms with Gasteiger partial charge in [-0.2, -0.15) is 0 Å². The quantitative estimate of drug-likeness (QED) is 0.733. The van der Waals surface area contributed by atoms with Crippen LogP contribution in [-0.2, 0) is 4.79 Å². The Hall–Kier alpha value is -0.570. The molecule has 86 valence electrons. The molecule has 15 heavy (non-hydrogen) atoms. The van der Waals surface area contributed by atoms with E-state index in [1.165, 1.54) is 6.42 Å². The second-order valence-electron chi connectivity index (χ2n) is 5.59. The standard InChI is InChI=1S/C12H22N2O/c1-8(2)9(3)14-11(15)10-6-12(10)4-5-13-7-12/h8-10,13H,4-7H2,1-3H3,(H,14,15). The van der Waals surface area contributed by atoms with E-state index < -0.39 is 0 Å². The molecular weight excluding hydrogens is 188 g/mol. The number of carbonyl (C=O) groups is 1. The summed E-state index contributed by atoms with van der Waals surface area (Å²) in [4.78, 5) is 11.9. The van der Waals surface area contributed by atoms with Crippen LogP contribution in [0.4, 0.5) is 0 Å². The Morgan fingerprint density at radius 3 is 2.73 bits per heavy atom. The number of hydrogen-bond acceptors (Lipinski definition) is 2. The lowest BCUT2D eigenvalue weighted by Crippen LogP contribution is -2.38. The van der Waals surface area contributed by atoms with Crippen molar-refractivity contribution in [3.05, 3.63) is 0 Å². The second-order valence-corrected chi connectivity index (χ2v) is 5.59. The van der Waals surface area contributed by atoms with Crippen LogP contribution in [-0.4, -0.2) is 25.0 Å². The first-order valence-corrected chi connectivity index (χ1v) is 6.06. The zero-order valence-corrected chi connectivity index (χ0v) is 9.97. The molecular formula is C12H22N2O. The first-order valence-electron chi connectivity index (χ1n) is 6.06. The van der Waals surface area contributed by atoms with Gasteiger partial charge in [0.05, 0.1) is 0 Å². The summed E-state index contributed by atoms with van der Waals surface area (Å²) in [5.41, 5.74) is 0.334. The largest absolute Gasteiger partial charge is 0.353 e. The Morgan fingerprint density at radius 2 is 2.20 bits per heavy atom. The van der Waals surface area contributed by atoms with Gasteiger partial charge in [0, 0.05) is 18.5 Å². The average molecular weight is 210 g/mol. The second kappa shape index (κ2) is 3.78. The van der Waals surface area contributed by atoms with Crippen molar-refractivity contribution in [3.8, 4) is 0 Å². The van der Waals surface area contributed by atoms with Crippen LogP contribution < -0.4 is 10.6 Å². The molecule has 1 aliphatic carbocycles. The molecule has 3 heteroatoms. The highest BCUT2D eigenvalue weighted by molar-refractivity contribution is 5.83. The van der Waals surface area contributed by atoms with Gasteiger partial charge < -0.3 is 10.6 Å². The third-order valence-corrected chi connectivity index (χ3v) is 4.15. The van der Waals surface area contributed by atoms with Crippen molar-refractivity contribution in [2.75, 3.05) is 13.1 Å². The molecule has 0 radical (unpaired) electrons. The first kappa shape index (κ1) is 10.9. The molecule has 3 nitrogen and oxygen atoms in total. The van der Waals surface area contributed by atoms with E-state index in [0.717, 1.165) is 19.5 Å². The molecule has 0 bridgehead atoms. The van der Waals surface area contributed by atoms with Crippen molar-refractivity contribution < 1.29 is 4.79 Å². The zero-order valence-electron chi connectivity index (χ0n) is 9.97. The van der Waals surface area contributed by atoms with Crippen LogP contribution in [0, 0.1) is 17.3 Å². The van der Waals surface area contributed by atoms with E-state index in [4.69, 9.17) is 0 Å². The molecule has 0 aromatic heterocycles. The van der Waals surface area contributed by atoms with E-state index in [-0.39, 0.29) is 11.8 Å².